The molecule has 0 N–H and O–H groups in total. The van der Waals surface area contributed by atoms with Crippen LogP contribution >= 0.6 is 0 Å². The predicted molar refractivity (Wildman–Crippen MR) is 200 cm³/mol. The van der Waals surface area contributed by atoms with Gasteiger partial charge in [-0.15, -0.1) is 0 Å². The molecular formula is C43H86O. The summed E-state index contributed by atoms with van der Waals surface area (Å²) in [5, 5.41) is 0. The van der Waals surface area contributed by atoms with E-state index in [9.17, 15) is 0 Å². The standard InChI is InChI=1S/C43H86O/c1-2-3-4-5-6-7-8-9-10-11-12-13-14-15-16-17-18-19-20-21-22-23-24-25-26-27-28-29-30-31-32-33-34-35-36-37-38-39-40-41-43-42-44-43/h43H,2-42H2,1H3. The van der Waals surface area contributed by atoms with Crippen LogP contribution in [-0.2, 0) is 4.74 Å². The van der Waals surface area contributed by atoms with Gasteiger partial charge >= 0.3 is 0 Å². The molecule has 0 radical (unpaired) electrons. The maximum Gasteiger partial charge on any atom is 0.0810 e. The maximum atomic E-state index is 5.29. The summed E-state index contributed by atoms with van der Waals surface area (Å²) in [6.45, 7) is 3.35. The van der Waals surface area contributed by atoms with Gasteiger partial charge in [0.25, 0.3) is 0 Å². The molecule has 1 rings (SSSR count). The lowest BCUT2D eigenvalue weighted by atomic mass is 10.0. The molecule has 0 amide bonds. The van der Waals surface area contributed by atoms with E-state index in [0.29, 0.717) is 6.10 Å². The molecule has 1 fully saturated rings. The Morgan fingerprint density at radius 1 is 0.273 bits per heavy atom. The molecule has 1 saturated heterocycles. The van der Waals surface area contributed by atoms with Gasteiger partial charge in [0.2, 0.25) is 0 Å². The minimum absolute atomic E-state index is 0.646. The van der Waals surface area contributed by atoms with Crippen LogP contribution in [0.2, 0.25) is 0 Å². The largest absolute Gasteiger partial charge is 0.373 e. The highest BCUT2D eigenvalue weighted by molar-refractivity contribution is 4.68. The van der Waals surface area contributed by atoms with Gasteiger partial charge in [-0.05, 0) is 6.42 Å². The van der Waals surface area contributed by atoms with Crippen molar-refractivity contribution in [3.8, 4) is 0 Å². The van der Waals surface area contributed by atoms with E-state index in [1.165, 1.54) is 257 Å². The van der Waals surface area contributed by atoms with Crippen LogP contribution in [0.25, 0.3) is 0 Å². The van der Waals surface area contributed by atoms with Crippen LogP contribution in [0.1, 0.15) is 264 Å². The van der Waals surface area contributed by atoms with Gasteiger partial charge in [0, 0.05) is 0 Å². The third-order valence-electron chi connectivity index (χ3n) is 10.5. The van der Waals surface area contributed by atoms with Crippen molar-refractivity contribution in [2.45, 2.75) is 270 Å². The minimum atomic E-state index is 0.646. The predicted octanol–water partition coefficient (Wildman–Crippen LogP) is 16.0. The Labute approximate surface area is 280 Å². The van der Waals surface area contributed by atoms with Crippen molar-refractivity contribution in [1.29, 1.82) is 0 Å². The van der Waals surface area contributed by atoms with E-state index in [1.54, 1.807) is 0 Å². The number of rotatable bonds is 40. The zero-order valence-electron chi connectivity index (χ0n) is 31.0. The Morgan fingerprint density at radius 3 is 0.591 bits per heavy atom. The zero-order chi connectivity index (χ0) is 31.3. The first-order valence-electron chi connectivity index (χ1n) is 21.5. The summed E-state index contributed by atoms with van der Waals surface area (Å²) in [5.41, 5.74) is 0. The fourth-order valence-electron chi connectivity index (χ4n) is 7.22. The van der Waals surface area contributed by atoms with Gasteiger partial charge in [-0.25, -0.2) is 0 Å². The normalized spacial score (nSPS) is 14.5. The molecule has 1 heteroatoms. The van der Waals surface area contributed by atoms with Gasteiger partial charge in [-0.3, -0.25) is 0 Å². The highest BCUT2D eigenvalue weighted by Gasteiger charge is 2.20. The number of epoxide rings is 1. The van der Waals surface area contributed by atoms with Crippen LogP contribution in [-0.4, -0.2) is 12.7 Å². The summed E-state index contributed by atoms with van der Waals surface area (Å²) in [6.07, 6.45) is 59.7. The monoisotopic (exact) mass is 619 g/mol. The van der Waals surface area contributed by atoms with E-state index >= 15 is 0 Å². The van der Waals surface area contributed by atoms with Crippen molar-refractivity contribution in [3.05, 3.63) is 0 Å². The fourth-order valence-corrected chi connectivity index (χ4v) is 7.22. The Balaban J connectivity index is 1.58. The highest BCUT2D eigenvalue weighted by atomic mass is 16.6. The SMILES string of the molecule is CCCCCCCCCCCCCCCCCCCCCCCCCCCCCCCCCCCCCCCCCC1CO1. The van der Waals surface area contributed by atoms with Gasteiger partial charge in [-0.2, -0.15) is 0 Å². The average Bonchev–Trinajstić information content (AvgIpc) is 3.87. The first-order valence-corrected chi connectivity index (χ1v) is 21.5. The Morgan fingerprint density at radius 2 is 0.432 bits per heavy atom. The molecule has 0 aliphatic carbocycles. The van der Waals surface area contributed by atoms with Crippen LogP contribution in [0.4, 0.5) is 0 Å². The molecule has 0 aromatic carbocycles. The van der Waals surface area contributed by atoms with Crippen LogP contribution in [0.3, 0.4) is 0 Å². The van der Waals surface area contributed by atoms with Gasteiger partial charge in [0.05, 0.1) is 12.7 Å². The second-order valence-corrected chi connectivity index (χ2v) is 15.2. The average molecular weight is 619 g/mol. The molecule has 0 aromatic heterocycles. The summed E-state index contributed by atoms with van der Waals surface area (Å²) in [6, 6.07) is 0. The van der Waals surface area contributed by atoms with Gasteiger partial charge in [0.15, 0.2) is 0 Å². The van der Waals surface area contributed by atoms with Crippen LogP contribution in [0, 0.1) is 0 Å². The molecule has 1 aliphatic rings. The third kappa shape index (κ3) is 36.4. The summed E-state index contributed by atoms with van der Waals surface area (Å²) in [5.74, 6) is 0. The topological polar surface area (TPSA) is 12.5 Å². The molecule has 0 spiro atoms. The van der Waals surface area contributed by atoms with E-state index < -0.39 is 0 Å². The number of unbranched alkanes of at least 4 members (excludes halogenated alkanes) is 38. The molecule has 0 bridgehead atoms. The highest BCUT2D eigenvalue weighted by Crippen LogP contribution is 2.19. The molecule has 1 heterocycles. The fraction of sp³-hybridized carbons (Fsp3) is 1.00. The van der Waals surface area contributed by atoms with Gasteiger partial charge in [0.1, 0.15) is 0 Å². The molecule has 44 heavy (non-hydrogen) atoms. The van der Waals surface area contributed by atoms with E-state index in [4.69, 9.17) is 4.74 Å². The zero-order valence-corrected chi connectivity index (χ0v) is 31.0. The first kappa shape index (κ1) is 42.0. The second-order valence-electron chi connectivity index (χ2n) is 15.2. The minimum Gasteiger partial charge on any atom is -0.373 e. The molecular weight excluding hydrogens is 532 g/mol. The molecule has 1 unspecified atom stereocenters. The van der Waals surface area contributed by atoms with Gasteiger partial charge in [-0.1, -0.05) is 257 Å². The third-order valence-corrected chi connectivity index (χ3v) is 10.5. The van der Waals surface area contributed by atoms with Crippen molar-refractivity contribution < 1.29 is 4.74 Å². The quantitative estimate of drug-likeness (QED) is 0.0491. The lowest BCUT2D eigenvalue weighted by Crippen LogP contribution is -1.86. The van der Waals surface area contributed by atoms with Crippen molar-refractivity contribution in [1.82, 2.24) is 0 Å². The van der Waals surface area contributed by atoms with E-state index in [2.05, 4.69) is 6.92 Å². The summed E-state index contributed by atoms with van der Waals surface area (Å²) in [7, 11) is 0. The smallest absolute Gasteiger partial charge is 0.0810 e. The van der Waals surface area contributed by atoms with Gasteiger partial charge < -0.3 is 4.74 Å². The van der Waals surface area contributed by atoms with Crippen molar-refractivity contribution in [2.75, 3.05) is 6.61 Å². The second kappa shape index (κ2) is 37.4. The Hall–Kier alpha value is -0.0400. The van der Waals surface area contributed by atoms with Crippen molar-refractivity contribution in [2.24, 2.45) is 0 Å². The van der Waals surface area contributed by atoms with Crippen molar-refractivity contribution >= 4 is 0 Å². The number of hydrogen-bond donors (Lipinski definition) is 0. The Bertz CT molecular complexity index is 497. The number of ether oxygens (including phenoxy) is 1. The first-order chi connectivity index (χ1) is 21.9. The Kier molecular flexibility index (Phi) is 35.7. The molecule has 1 nitrogen and oxygen atoms in total. The molecule has 1 aliphatic heterocycles. The summed E-state index contributed by atoms with van der Waals surface area (Å²) < 4.78 is 5.29. The lowest BCUT2D eigenvalue weighted by Gasteiger charge is -2.05. The van der Waals surface area contributed by atoms with E-state index in [-0.39, 0.29) is 0 Å². The van der Waals surface area contributed by atoms with Crippen molar-refractivity contribution in [3.63, 3.8) is 0 Å². The summed E-state index contributed by atoms with van der Waals surface area (Å²) in [4.78, 5) is 0. The molecule has 0 saturated carbocycles. The number of hydrogen-bond acceptors (Lipinski definition) is 1. The summed E-state index contributed by atoms with van der Waals surface area (Å²) >= 11 is 0. The van der Waals surface area contributed by atoms with E-state index in [0.717, 1.165) is 6.61 Å². The van der Waals surface area contributed by atoms with Crippen LogP contribution in [0.5, 0.6) is 0 Å². The molecule has 264 valence electrons. The lowest BCUT2D eigenvalue weighted by molar-refractivity contribution is 0.387. The maximum absolute atomic E-state index is 5.29. The van der Waals surface area contributed by atoms with Crippen LogP contribution < -0.4 is 0 Å². The molecule has 0 aromatic rings. The van der Waals surface area contributed by atoms with Crippen LogP contribution in [0.15, 0.2) is 0 Å². The molecule has 1 atom stereocenters. The van der Waals surface area contributed by atoms with E-state index in [1.807, 2.05) is 0 Å².